The normalized spacial score (nSPS) is 14.3. The number of carbonyl (C=O) groups is 4. The first-order valence-corrected chi connectivity index (χ1v) is 14.0. The summed E-state index contributed by atoms with van der Waals surface area (Å²) in [6.07, 6.45) is -0.351. The van der Waals surface area contributed by atoms with Gasteiger partial charge in [-0.25, -0.2) is 13.2 Å². The summed E-state index contributed by atoms with van der Waals surface area (Å²) in [6.45, 7) is 1.78. The minimum Gasteiger partial charge on any atom is -0.449 e. The number of guanidine groups is 1. The van der Waals surface area contributed by atoms with Gasteiger partial charge in [0.15, 0.2) is 17.8 Å². The van der Waals surface area contributed by atoms with Gasteiger partial charge in [-0.05, 0) is 38.2 Å². The Balaban J connectivity index is 3.15. The van der Waals surface area contributed by atoms with Crippen LogP contribution in [0.15, 0.2) is 30.3 Å². The van der Waals surface area contributed by atoms with E-state index in [0.29, 0.717) is 18.3 Å². The molecule has 0 heterocycles. The van der Waals surface area contributed by atoms with Gasteiger partial charge in [-0.1, -0.05) is 37.3 Å². The average molecular weight is 571 g/mol. The molecule has 0 spiro atoms. The van der Waals surface area contributed by atoms with Gasteiger partial charge in [0.05, 0.1) is 37.1 Å². The second-order valence-corrected chi connectivity index (χ2v) is 10.7. The van der Waals surface area contributed by atoms with Gasteiger partial charge >= 0.3 is 6.09 Å². The van der Waals surface area contributed by atoms with E-state index in [9.17, 15) is 32.7 Å². The summed E-state index contributed by atoms with van der Waals surface area (Å²) >= 11 is 0. The molecule has 0 aliphatic carbocycles. The first kappa shape index (κ1) is 33.5. The molecule has 15 heteroatoms. The zero-order chi connectivity index (χ0) is 29.6. The first-order chi connectivity index (χ1) is 18.4. The van der Waals surface area contributed by atoms with Crippen molar-refractivity contribution in [3.05, 3.63) is 35.9 Å². The van der Waals surface area contributed by atoms with E-state index in [0.717, 1.165) is 0 Å². The number of nitrogens with zero attached hydrogens (tertiary/aromatic N) is 1. The molecule has 0 bridgehead atoms. The number of amides is 2. The number of sulfonamides is 1. The topological polar surface area (TPSA) is 235 Å². The van der Waals surface area contributed by atoms with E-state index in [-0.39, 0.29) is 30.2 Å². The molecule has 218 valence electrons. The second kappa shape index (κ2) is 16.4. The van der Waals surface area contributed by atoms with Crippen LogP contribution < -0.4 is 22.1 Å². The molecule has 1 unspecified atom stereocenters. The molecule has 4 atom stereocenters. The van der Waals surface area contributed by atoms with Crippen molar-refractivity contribution in [1.82, 2.24) is 14.9 Å². The number of aliphatic hydroxyl groups is 1. The Kier molecular flexibility index (Phi) is 14.1. The van der Waals surface area contributed by atoms with Crippen LogP contribution >= 0.6 is 0 Å². The Labute approximate surface area is 228 Å². The van der Waals surface area contributed by atoms with Crippen molar-refractivity contribution in [3.8, 4) is 0 Å². The zero-order valence-electron chi connectivity index (χ0n) is 22.0. The predicted octanol–water partition coefficient (Wildman–Crippen LogP) is -1.000. The molecule has 0 aliphatic rings. The molecule has 2 amide bonds. The van der Waals surface area contributed by atoms with Crippen molar-refractivity contribution in [1.29, 1.82) is 5.41 Å². The Hall–Kier alpha value is -3.56. The Morgan fingerprint density at radius 2 is 1.82 bits per heavy atom. The van der Waals surface area contributed by atoms with E-state index in [1.807, 2.05) is 0 Å². The Morgan fingerprint density at radius 1 is 1.18 bits per heavy atom. The Morgan fingerprint density at radius 3 is 2.36 bits per heavy atom. The van der Waals surface area contributed by atoms with Crippen molar-refractivity contribution in [2.24, 2.45) is 11.5 Å². The summed E-state index contributed by atoms with van der Waals surface area (Å²) in [4.78, 5) is 49.7. The molecule has 1 aromatic carbocycles. The highest BCUT2D eigenvalue weighted by atomic mass is 32.2. The van der Waals surface area contributed by atoms with E-state index in [1.54, 1.807) is 37.3 Å². The molecule has 0 radical (unpaired) electrons. The van der Waals surface area contributed by atoms with Gasteiger partial charge in [-0.2, -0.15) is 4.31 Å². The number of rotatable bonds is 17. The Bertz CT molecular complexity index is 1090. The maximum atomic E-state index is 13.2. The molecule has 0 fully saturated rings. The lowest BCUT2D eigenvalue weighted by Crippen LogP contribution is -2.58. The van der Waals surface area contributed by atoms with E-state index >= 15 is 0 Å². The van der Waals surface area contributed by atoms with Gasteiger partial charge in [-0.3, -0.25) is 15.0 Å². The van der Waals surface area contributed by atoms with E-state index in [2.05, 4.69) is 10.6 Å². The summed E-state index contributed by atoms with van der Waals surface area (Å²) < 4.78 is 31.6. The molecular weight excluding hydrogens is 532 g/mol. The molecule has 1 aromatic rings. The van der Waals surface area contributed by atoms with Crippen molar-refractivity contribution in [2.45, 2.75) is 63.7 Å². The van der Waals surface area contributed by atoms with Crippen molar-refractivity contribution < 1.29 is 37.4 Å². The van der Waals surface area contributed by atoms with Crippen LogP contribution in [0.1, 0.15) is 38.7 Å². The third-order valence-corrected chi connectivity index (χ3v) is 7.30. The smallest absolute Gasteiger partial charge is 0.424 e. The highest BCUT2D eigenvalue weighted by Crippen LogP contribution is 2.15. The van der Waals surface area contributed by atoms with Gasteiger partial charge in [0.1, 0.15) is 6.29 Å². The van der Waals surface area contributed by atoms with Crippen LogP contribution in [0.4, 0.5) is 4.79 Å². The van der Waals surface area contributed by atoms with Crippen LogP contribution in [-0.4, -0.2) is 91.0 Å². The number of aliphatic hydroxyl groups excluding tert-OH is 1. The number of hydrogen-bond acceptors (Lipinski definition) is 10. The molecule has 0 aliphatic heterocycles. The molecule has 0 saturated carbocycles. The van der Waals surface area contributed by atoms with Crippen molar-refractivity contribution in [2.75, 3.05) is 19.0 Å². The van der Waals surface area contributed by atoms with Gasteiger partial charge in [-0.15, -0.1) is 0 Å². The highest BCUT2D eigenvalue weighted by molar-refractivity contribution is 7.89. The predicted molar refractivity (Wildman–Crippen MR) is 143 cm³/mol. The van der Waals surface area contributed by atoms with Crippen LogP contribution in [0.2, 0.25) is 0 Å². The molecular formula is C24H38N6O8S. The van der Waals surface area contributed by atoms with E-state index in [1.165, 1.54) is 6.92 Å². The minimum atomic E-state index is -4.47. The summed E-state index contributed by atoms with van der Waals surface area (Å²) in [5.74, 6) is -2.87. The highest BCUT2D eigenvalue weighted by Gasteiger charge is 2.40. The quantitative estimate of drug-likeness (QED) is 0.0754. The maximum absolute atomic E-state index is 13.2. The van der Waals surface area contributed by atoms with Crippen LogP contribution in [-0.2, 0) is 35.6 Å². The van der Waals surface area contributed by atoms with Crippen LogP contribution in [0.25, 0.3) is 0 Å². The lowest BCUT2D eigenvalue weighted by Gasteiger charge is -2.29. The molecule has 0 aromatic heterocycles. The number of aryl methyl sites for hydroxylation is 1. The fourth-order valence-corrected chi connectivity index (χ4v) is 5.04. The number of ether oxygens (including phenoxy) is 1. The average Bonchev–Trinajstić information content (AvgIpc) is 2.90. The number of aldehydes is 1. The molecule has 8 N–H and O–H groups in total. The van der Waals surface area contributed by atoms with Gasteiger partial charge in [0.25, 0.3) is 0 Å². The molecule has 14 nitrogen and oxygen atoms in total. The molecule has 39 heavy (non-hydrogen) atoms. The number of ketones is 1. The first-order valence-electron chi connectivity index (χ1n) is 12.4. The summed E-state index contributed by atoms with van der Waals surface area (Å²) in [6, 6.07) is 3.45. The lowest BCUT2D eigenvalue weighted by molar-refractivity contribution is -0.131. The summed E-state index contributed by atoms with van der Waals surface area (Å²) in [5.41, 5.74) is 11.6. The van der Waals surface area contributed by atoms with Crippen LogP contribution in [0.3, 0.4) is 0 Å². The third kappa shape index (κ3) is 11.0. The fraction of sp³-hybridized carbons (Fsp3) is 0.542. The van der Waals surface area contributed by atoms with Gasteiger partial charge < -0.3 is 36.7 Å². The monoisotopic (exact) mass is 570 g/mol. The molecule has 0 saturated heterocycles. The van der Waals surface area contributed by atoms with Crippen molar-refractivity contribution >= 4 is 40.1 Å². The fourth-order valence-electron chi connectivity index (χ4n) is 3.52. The summed E-state index contributed by atoms with van der Waals surface area (Å²) in [7, 11) is -4.47. The van der Waals surface area contributed by atoms with Crippen LogP contribution in [0.5, 0.6) is 0 Å². The van der Waals surface area contributed by atoms with E-state index < -0.39 is 70.3 Å². The number of benzene rings is 1. The summed E-state index contributed by atoms with van der Waals surface area (Å²) in [5, 5.41) is 22.2. The van der Waals surface area contributed by atoms with E-state index in [4.69, 9.17) is 21.6 Å². The lowest BCUT2D eigenvalue weighted by atomic mass is 9.99. The minimum absolute atomic E-state index is 0.00525. The number of Topliss-reactive ketones (excluding diaryl/α,β-unsaturated/α-hetero) is 1. The largest absolute Gasteiger partial charge is 0.449 e. The van der Waals surface area contributed by atoms with Crippen molar-refractivity contribution in [3.63, 3.8) is 0 Å². The number of nitrogens with one attached hydrogen (secondary N) is 3. The second-order valence-electron chi connectivity index (χ2n) is 8.78. The van der Waals surface area contributed by atoms with Gasteiger partial charge in [0.2, 0.25) is 15.9 Å². The third-order valence-electron chi connectivity index (χ3n) is 5.58. The molecule has 1 rings (SSSR count). The maximum Gasteiger partial charge on any atom is 0.424 e. The van der Waals surface area contributed by atoms with Crippen LogP contribution in [0, 0.1) is 5.41 Å². The number of carbonyl (C=O) groups excluding carboxylic acids is 4. The number of nitrogens with two attached hydrogens (primary N) is 2. The number of hydrogen-bond donors (Lipinski definition) is 6. The standard InChI is InChI=1S/C24H38N6O8S/c1-3-12-38-24(35)30(39(36,37)13-11-17-7-5-4-6-8-17)20(15-32)22(34)28-16(2)21(33)19(29-23(26)27)10-9-18(25)14-31/h4-8,14,16,18-20,32H,3,9-13,15,25H2,1-2H3,(H,28,34)(H4,26,27,29)/t16-,18-,19?,20-/m0/s1. The van der Waals surface area contributed by atoms with Gasteiger partial charge in [0, 0.05) is 0 Å². The SMILES string of the molecule is CCCOC(=O)N([C@@H](CO)C(=O)N[C@@H](C)C(=O)C(CC[C@H](N)C=O)NC(=N)N)S(=O)(=O)CCc1ccccc1. The zero-order valence-corrected chi connectivity index (χ0v) is 22.9.